The number of hydrogen-bond acceptors (Lipinski definition) is 5. The average Bonchev–Trinajstić information content (AvgIpc) is 3.01. The van der Waals surface area contributed by atoms with Crippen molar-refractivity contribution in [3.8, 4) is 5.88 Å². The summed E-state index contributed by atoms with van der Waals surface area (Å²) in [4.78, 5) is 11.0. The molecule has 4 rings (SSSR count). The normalized spacial score (nSPS) is 26.4. The maximum absolute atomic E-state index is 13.8. The van der Waals surface area contributed by atoms with Gasteiger partial charge in [0.25, 0.3) is 5.88 Å². The minimum Gasteiger partial charge on any atom is -0.469 e. The van der Waals surface area contributed by atoms with Gasteiger partial charge in [-0.3, -0.25) is 9.88 Å². The molecule has 0 bridgehead atoms. The Bertz CT molecular complexity index is 742. The molecule has 0 spiro atoms. The Hall–Kier alpha value is -2.05. The minimum atomic E-state index is -0.428. The Morgan fingerprint density at radius 2 is 2.20 bits per heavy atom. The molecule has 5 nitrogen and oxygen atoms in total. The van der Waals surface area contributed by atoms with Crippen LogP contribution < -0.4 is 4.74 Å². The summed E-state index contributed by atoms with van der Waals surface area (Å²) >= 11 is 0. The molecule has 1 saturated carbocycles. The molecule has 1 saturated heterocycles. The second kappa shape index (κ2) is 7.06. The summed E-state index contributed by atoms with van der Waals surface area (Å²) in [6.45, 7) is 4.34. The van der Waals surface area contributed by atoms with Crippen molar-refractivity contribution < 1.29 is 13.9 Å². The van der Waals surface area contributed by atoms with Gasteiger partial charge in [0.15, 0.2) is 5.82 Å². The number of hydrogen-bond donors (Lipinski definition) is 0. The number of pyridine rings is 2. The maximum atomic E-state index is 13.8. The minimum absolute atomic E-state index is 0.0556. The molecule has 2 aliphatic rings. The molecule has 0 N–H and O–H groups in total. The third-order valence-electron chi connectivity index (χ3n) is 4.95. The van der Waals surface area contributed by atoms with E-state index in [1.165, 1.54) is 6.07 Å². The van der Waals surface area contributed by atoms with Gasteiger partial charge in [-0.15, -0.1) is 0 Å². The molecular formula is C19H22FN3O2. The van der Waals surface area contributed by atoms with Crippen molar-refractivity contribution in [1.29, 1.82) is 0 Å². The van der Waals surface area contributed by atoms with E-state index in [4.69, 9.17) is 9.47 Å². The summed E-state index contributed by atoms with van der Waals surface area (Å²) in [5.74, 6) is -0.364. The smallest absolute Gasteiger partial charge is 0.250 e. The summed E-state index contributed by atoms with van der Waals surface area (Å²) in [5.41, 5.74) is 2.10. The van der Waals surface area contributed by atoms with E-state index in [2.05, 4.69) is 20.9 Å². The number of fused-ring (bicyclic) bond motifs is 1. The summed E-state index contributed by atoms with van der Waals surface area (Å²) in [6.07, 6.45) is 3.13. The highest BCUT2D eigenvalue weighted by Gasteiger charge is 2.44. The third kappa shape index (κ3) is 3.50. The van der Waals surface area contributed by atoms with Crippen LogP contribution in [0.4, 0.5) is 4.39 Å². The second-order valence-corrected chi connectivity index (χ2v) is 6.67. The van der Waals surface area contributed by atoms with Crippen molar-refractivity contribution in [3.05, 3.63) is 53.7 Å². The zero-order chi connectivity index (χ0) is 17.2. The van der Waals surface area contributed by atoms with Gasteiger partial charge in [-0.1, -0.05) is 6.07 Å². The van der Waals surface area contributed by atoms with Crippen LogP contribution in [0.25, 0.3) is 0 Å². The first kappa shape index (κ1) is 16.4. The second-order valence-electron chi connectivity index (χ2n) is 6.67. The standard InChI is InChI=1S/C19H22FN3O2/c1-13-4-2-5-14(22-13)12-23-10-11-24-18-16(23)7-8-17(18)25-19-15(20)6-3-9-21-19/h2-6,9,16-18H,7-8,10-12H2,1H3/t16-,17+,18+/m0/s1. The Morgan fingerprint density at radius 3 is 3.04 bits per heavy atom. The van der Waals surface area contributed by atoms with Crippen molar-refractivity contribution >= 4 is 0 Å². The zero-order valence-electron chi connectivity index (χ0n) is 14.3. The molecule has 6 heteroatoms. The summed E-state index contributed by atoms with van der Waals surface area (Å²) in [7, 11) is 0. The predicted octanol–water partition coefficient (Wildman–Crippen LogP) is 2.73. The molecule has 2 fully saturated rings. The number of ether oxygens (including phenoxy) is 2. The van der Waals surface area contributed by atoms with E-state index in [-0.39, 0.29) is 24.1 Å². The first-order valence-electron chi connectivity index (χ1n) is 8.76. The zero-order valence-corrected chi connectivity index (χ0v) is 14.3. The highest BCUT2D eigenvalue weighted by atomic mass is 19.1. The molecule has 2 aromatic heterocycles. The number of nitrogens with zero attached hydrogens (tertiary/aromatic N) is 3. The van der Waals surface area contributed by atoms with Crippen molar-refractivity contribution in [2.75, 3.05) is 13.2 Å². The molecule has 0 radical (unpaired) electrons. The molecule has 0 amide bonds. The quantitative estimate of drug-likeness (QED) is 0.854. The van der Waals surface area contributed by atoms with Gasteiger partial charge in [-0.25, -0.2) is 9.37 Å². The van der Waals surface area contributed by atoms with Crippen molar-refractivity contribution in [1.82, 2.24) is 14.9 Å². The van der Waals surface area contributed by atoms with Crippen LogP contribution in [0.2, 0.25) is 0 Å². The summed E-state index contributed by atoms with van der Waals surface area (Å²) in [5, 5.41) is 0. The Kier molecular flexibility index (Phi) is 4.63. The monoisotopic (exact) mass is 343 g/mol. The van der Waals surface area contributed by atoms with Crippen LogP contribution in [0.15, 0.2) is 36.5 Å². The van der Waals surface area contributed by atoms with Crippen molar-refractivity contribution in [3.63, 3.8) is 0 Å². The lowest BCUT2D eigenvalue weighted by Crippen LogP contribution is -2.51. The fourth-order valence-corrected chi connectivity index (χ4v) is 3.81. The lowest BCUT2D eigenvalue weighted by atomic mass is 10.1. The lowest BCUT2D eigenvalue weighted by molar-refractivity contribution is -0.0930. The highest BCUT2D eigenvalue weighted by molar-refractivity contribution is 5.15. The van der Waals surface area contributed by atoms with Crippen LogP contribution in [0.5, 0.6) is 5.88 Å². The first-order chi connectivity index (χ1) is 12.2. The topological polar surface area (TPSA) is 47.5 Å². The van der Waals surface area contributed by atoms with Gasteiger partial charge in [0.1, 0.15) is 12.2 Å². The number of morpholine rings is 1. The number of rotatable bonds is 4. The fourth-order valence-electron chi connectivity index (χ4n) is 3.81. The molecule has 3 atom stereocenters. The van der Waals surface area contributed by atoms with Crippen LogP contribution in [-0.2, 0) is 11.3 Å². The fraction of sp³-hybridized carbons (Fsp3) is 0.474. The Morgan fingerprint density at radius 1 is 1.28 bits per heavy atom. The molecule has 3 heterocycles. The molecule has 0 aromatic carbocycles. The molecular weight excluding hydrogens is 321 g/mol. The molecule has 25 heavy (non-hydrogen) atoms. The number of aryl methyl sites for hydroxylation is 1. The van der Waals surface area contributed by atoms with Crippen LogP contribution in [0.3, 0.4) is 0 Å². The van der Waals surface area contributed by atoms with Gasteiger partial charge in [0.2, 0.25) is 0 Å². The van der Waals surface area contributed by atoms with Gasteiger partial charge in [0, 0.05) is 31.0 Å². The van der Waals surface area contributed by atoms with E-state index in [0.717, 1.165) is 37.3 Å². The summed E-state index contributed by atoms with van der Waals surface area (Å²) < 4.78 is 25.6. The van der Waals surface area contributed by atoms with Gasteiger partial charge in [-0.05, 0) is 44.0 Å². The molecule has 0 unspecified atom stereocenters. The molecule has 2 aromatic rings. The van der Waals surface area contributed by atoms with E-state index < -0.39 is 5.82 Å². The van der Waals surface area contributed by atoms with Gasteiger partial charge >= 0.3 is 0 Å². The molecule has 132 valence electrons. The largest absolute Gasteiger partial charge is 0.469 e. The van der Waals surface area contributed by atoms with Gasteiger partial charge < -0.3 is 9.47 Å². The van der Waals surface area contributed by atoms with Crippen LogP contribution >= 0.6 is 0 Å². The average molecular weight is 343 g/mol. The van der Waals surface area contributed by atoms with Gasteiger partial charge in [-0.2, -0.15) is 0 Å². The molecule has 1 aliphatic heterocycles. The highest BCUT2D eigenvalue weighted by Crippen LogP contribution is 2.33. The summed E-state index contributed by atoms with van der Waals surface area (Å²) in [6, 6.07) is 9.31. The van der Waals surface area contributed by atoms with E-state index in [1.54, 1.807) is 12.3 Å². The Balaban J connectivity index is 1.46. The van der Waals surface area contributed by atoms with Crippen molar-refractivity contribution in [2.45, 2.75) is 44.6 Å². The van der Waals surface area contributed by atoms with E-state index >= 15 is 0 Å². The first-order valence-corrected chi connectivity index (χ1v) is 8.76. The van der Waals surface area contributed by atoms with Crippen molar-refractivity contribution in [2.24, 2.45) is 0 Å². The van der Waals surface area contributed by atoms with E-state index in [9.17, 15) is 4.39 Å². The lowest BCUT2D eigenvalue weighted by Gasteiger charge is -2.38. The third-order valence-corrected chi connectivity index (χ3v) is 4.95. The van der Waals surface area contributed by atoms with Gasteiger partial charge in [0.05, 0.1) is 12.3 Å². The van der Waals surface area contributed by atoms with Crippen LogP contribution in [0.1, 0.15) is 24.2 Å². The van der Waals surface area contributed by atoms with E-state index in [0.29, 0.717) is 6.61 Å². The Labute approximate surface area is 146 Å². The molecule has 1 aliphatic carbocycles. The predicted molar refractivity (Wildman–Crippen MR) is 90.8 cm³/mol. The van der Waals surface area contributed by atoms with E-state index in [1.807, 2.05) is 19.1 Å². The number of aromatic nitrogens is 2. The van der Waals surface area contributed by atoms with Crippen LogP contribution in [-0.4, -0.2) is 46.3 Å². The maximum Gasteiger partial charge on any atom is 0.250 e. The SMILES string of the molecule is Cc1cccc(CN2CCO[C@H]3[C@H](Oc4ncccc4F)CC[C@@H]32)n1. The van der Waals surface area contributed by atoms with Crippen LogP contribution in [0, 0.1) is 12.7 Å². The number of halogens is 1.